The number of halogens is 1. The molecule has 2 aromatic carbocycles. The van der Waals surface area contributed by atoms with Gasteiger partial charge in [-0.1, -0.05) is 29.8 Å². The fraction of sp³-hybridized carbons (Fsp3) is 0.263. The van der Waals surface area contributed by atoms with Crippen LogP contribution in [0, 0.1) is 24.0 Å². The van der Waals surface area contributed by atoms with E-state index >= 15 is 0 Å². The van der Waals surface area contributed by atoms with Crippen molar-refractivity contribution in [1.29, 1.82) is 0 Å². The highest BCUT2D eigenvalue weighted by Crippen LogP contribution is 2.30. The molecule has 2 aromatic rings. The molecule has 0 saturated heterocycles. The molecule has 28 heavy (non-hydrogen) atoms. The summed E-state index contributed by atoms with van der Waals surface area (Å²) in [6.45, 7) is 3.53. The van der Waals surface area contributed by atoms with Gasteiger partial charge in [-0.2, -0.15) is 0 Å². The zero-order chi connectivity index (χ0) is 20.8. The highest BCUT2D eigenvalue weighted by molar-refractivity contribution is 6.33. The van der Waals surface area contributed by atoms with Crippen LogP contribution in [-0.2, 0) is 9.59 Å². The van der Waals surface area contributed by atoms with E-state index in [2.05, 4.69) is 10.6 Å². The Morgan fingerprint density at radius 3 is 2.29 bits per heavy atom. The summed E-state index contributed by atoms with van der Waals surface area (Å²) >= 11 is 6.01. The van der Waals surface area contributed by atoms with Crippen LogP contribution >= 0.6 is 11.6 Å². The number of anilines is 2. The number of nitrogens with zero attached hydrogens (tertiary/aromatic N) is 1. The van der Waals surface area contributed by atoms with Gasteiger partial charge < -0.3 is 15.5 Å². The molecule has 0 aliphatic carbocycles. The summed E-state index contributed by atoms with van der Waals surface area (Å²) in [4.78, 5) is 35.8. The van der Waals surface area contributed by atoms with E-state index < -0.39 is 10.8 Å². The minimum absolute atomic E-state index is 0.0273. The number of hydrogen-bond acceptors (Lipinski definition) is 4. The topological polar surface area (TPSA) is 106 Å². The fourth-order valence-electron chi connectivity index (χ4n) is 2.66. The van der Waals surface area contributed by atoms with Crippen molar-refractivity contribution in [2.24, 2.45) is 0 Å². The molecule has 1 atom stereocenters. The molecule has 2 amide bonds. The number of para-hydroxylation sites is 1. The van der Waals surface area contributed by atoms with E-state index in [1.54, 1.807) is 44.3 Å². The number of nitro benzene ring substituents is 1. The second-order valence-corrected chi connectivity index (χ2v) is 6.95. The summed E-state index contributed by atoms with van der Waals surface area (Å²) in [6, 6.07) is 9.86. The number of nitro groups is 1. The summed E-state index contributed by atoms with van der Waals surface area (Å²) in [5.74, 6) is -0.712. The van der Waals surface area contributed by atoms with Crippen LogP contribution in [0.15, 0.2) is 36.4 Å². The molecule has 2 rings (SSSR count). The number of rotatable bonds is 7. The van der Waals surface area contributed by atoms with E-state index in [1.807, 2.05) is 6.92 Å². The Kier molecular flexibility index (Phi) is 7.08. The summed E-state index contributed by atoms with van der Waals surface area (Å²) < 4.78 is 0. The Hall–Kier alpha value is -2.97. The summed E-state index contributed by atoms with van der Waals surface area (Å²) in [5.41, 5.74) is 1.99. The normalized spacial score (nSPS) is 11.6. The second kappa shape index (κ2) is 9.29. The Morgan fingerprint density at radius 2 is 1.68 bits per heavy atom. The molecule has 3 N–H and O–H groups in total. The molecular weight excluding hydrogens is 384 g/mol. The van der Waals surface area contributed by atoms with Gasteiger partial charge in [-0.05, 0) is 37.1 Å². The quantitative estimate of drug-likeness (QED) is 0.483. The maximum absolute atomic E-state index is 12.3. The van der Waals surface area contributed by atoms with E-state index in [0.29, 0.717) is 21.2 Å². The summed E-state index contributed by atoms with van der Waals surface area (Å²) in [5, 5.41) is 16.9. The lowest BCUT2D eigenvalue weighted by Gasteiger charge is -2.15. The molecule has 0 heterocycles. The molecule has 0 aromatic heterocycles. The van der Waals surface area contributed by atoms with Crippen LogP contribution in [0.3, 0.4) is 0 Å². The monoisotopic (exact) mass is 405 g/mol. The van der Waals surface area contributed by atoms with Crippen LogP contribution in [0.4, 0.5) is 17.1 Å². The number of aryl methyl sites for hydroxylation is 1. The minimum atomic E-state index is -0.532. The van der Waals surface area contributed by atoms with Crippen molar-refractivity contribution in [3.8, 4) is 0 Å². The molecule has 0 aliphatic rings. The van der Waals surface area contributed by atoms with E-state index in [4.69, 9.17) is 11.6 Å². The van der Waals surface area contributed by atoms with Gasteiger partial charge in [-0.15, -0.1) is 0 Å². The van der Waals surface area contributed by atoms with Gasteiger partial charge in [-0.3, -0.25) is 19.7 Å². The number of likely N-dealkylation sites (N-methyl/N-ethyl adjacent to an activating group) is 1. The largest absolute Gasteiger partial charge is 0.322 e. The molecule has 1 unspecified atom stereocenters. The highest BCUT2D eigenvalue weighted by atomic mass is 35.5. The van der Waals surface area contributed by atoms with E-state index in [1.165, 1.54) is 6.07 Å². The SMILES string of the molecule is Cc1ccc([N+](=O)[O-])c(NC(=O)C[NH+](C)CC(=O)Nc2ccccc2Cl)c1C. The number of hydrogen-bond donors (Lipinski definition) is 3. The Morgan fingerprint density at radius 1 is 1.07 bits per heavy atom. The third-order valence-electron chi connectivity index (χ3n) is 4.25. The maximum atomic E-state index is 12.3. The van der Waals surface area contributed by atoms with E-state index in [0.717, 1.165) is 5.56 Å². The van der Waals surface area contributed by atoms with Gasteiger partial charge in [0.2, 0.25) is 0 Å². The predicted molar refractivity (Wildman–Crippen MR) is 108 cm³/mol. The van der Waals surface area contributed by atoms with Crippen LogP contribution in [0.5, 0.6) is 0 Å². The van der Waals surface area contributed by atoms with Gasteiger partial charge in [-0.25, -0.2) is 0 Å². The van der Waals surface area contributed by atoms with E-state index in [-0.39, 0.29) is 30.4 Å². The van der Waals surface area contributed by atoms with Crippen molar-refractivity contribution in [3.63, 3.8) is 0 Å². The van der Waals surface area contributed by atoms with Crippen molar-refractivity contribution in [2.75, 3.05) is 30.8 Å². The van der Waals surface area contributed by atoms with Crippen molar-refractivity contribution in [3.05, 3.63) is 62.7 Å². The fourth-order valence-corrected chi connectivity index (χ4v) is 2.85. The Labute approximate surface area is 167 Å². The molecule has 8 nitrogen and oxygen atoms in total. The number of carbonyl (C=O) groups is 2. The molecule has 9 heteroatoms. The average Bonchev–Trinajstić information content (AvgIpc) is 2.60. The third kappa shape index (κ3) is 5.51. The van der Waals surface area contributed by atoms with Gasteiger partial charge in [0, 0.05) is 6.07 Å². The van der Waals surface area contributed by atoms with Gasteiger partial charge >= 0.3 is 0 Å². The lowest BCUT2D eigenvalue weighted by molar-refractivity contribution is -0.862. The molecule has 0 radical (unpaired) electrons. The molecule has 0 aliphatic heterocycles. The summed E-state index contributed by atoms with van der Waals surface area (Å²) in [7, 11) is 1.68. The first-order chi connectivity index (χ1) is 13.2. The number of benzene rings is 2. The number of nitrogens with one attached hydrogen (secondary N) is 3. The minimum Gasteiger partial charge on any atom is -0.322 e. The molecular formula is C19H22ClN4O4+. The number of amides is 2. The number of quaternary nitrogens is 1. The van der Waals surface area contributed by atoms with Gasteiger partial charge in [0.25, 0.3) is 17.5 Å². The average molecular weight is 406 g/mol. The van der Waals surface area contributed by atoms with Crippen LogP contribution in [-0.4, -0.2) is 36.9 Å². The number of carbonyl (C=O) groups excluding carboxylic acids is 2. The van der Waals surface area contributed by atoms with Crippen LogP contribution in [0.2, 0.25) is 5.02 Å². The highest BCUT2D eigenvalue weighted by Gasteiger charge is 2.21. The Balaban J connectivity index is 1.98. The molecule has 0 fully saturated rings. The molecule has 0 spiro atoms. The van der Waals surface area contributed by atoms with Crippen LogP contribution < -0.4 is 15.5 Å². The van der Waals surface area contributed by atoms with Crippen molar-refractivity contribution in [1.82, 2.24) is 0 Å². The molecule has 148 valence electrons. The first-order valence-corrected chi connectivity index (χ1v) is 8.97. The first kappa shape index (κ1) is 21.3. The lowest BCUT2D eigenvalue weighted by atomic mass is 10.1. The molecule has 0 bridgehead atoms. The standard InChI is InChI=1S/C19H21ClN4O4/c1-12-8-9-16(24(27)28)19(13(12)2)22-18(26)11-23(3)10-17(25)21-15-7-5-4-6-14(15)20/h4-9H,10-11H2,1-3H3,(H,21,25)(H,22,26)/p+1. The lowest BCUT2D eigenvalue weighted by Crippen LogP contribution is -3.11. The Bertz CT molecular complexity index is 917. The van der Waals surface area contributed by atoms with Crippen LogP contribution in [0.25, 0.3) is 0 Å². The van der Waals surface area contributed by atoms with Crippen molar-refractivity contribution in [2.45, 2.75) is 13.8 Å². The van der Waals surface area contributed by atoms with Crippen molar-refractivity contribution < 1.29 is 19.4 Å². The van der Waals surface area contributed by atoms with E-state index in [9.17, 15) is 19.7 Å². The smallest absolute Gasteiger partial charge is 0.293 e. The van der Waals surface area contributed by atoms with Gasteiger partial charge in [0.15, 0.2) is 13.1 Å². The van der Waals surface area contributed by atoms with Gasteiger partial charge in [0.1, 0.15) is 5.69 Å². The first-order valence-electron chi connectivity index (χ1n) is 8.59. The summed E-state index contributed by atoms with van der Waals surface area (Å²) in [6.07, 6.45) is 0. The third-order valence-corrected chi connectivity index (χ3v) is 4.58. The maximum Gasteiger partial charge on any atom is 0.293 e. The zero-order valence-electron chi connectivity index (χ0n) is 15.8. The second-order valence-electron chi connectivity index (χ2n) is 6.55. The zero-order valence-corrected chi connectivity index (χ0v) is 16.6. The van der Waals surface area contributed by atoms with Crippen LogP contribution in [0.1, 0.15) is 11.1 Å². The van der Waals surface area contributed by atoms with Gasteiger partial charge in [0.05, 0.1) is 22.7 Å². The van der Waals surface area contributed by atoms with Crippen molar-refractivity contribution >= 4 is 40.5 Å². The predicted octanol–water partition coefficient (Wildman–Crippen LogP) is 1.96. The molecule has 0 saturated carbocycles.